The summed E-state index contributed by atoms with van der Waals surface area (Å²) in [4.78, 5) is 22.5. The molecule has 2 rings (SSSR count). The van der Waals surface area contributed by atoms with Crippen molar-refractivity contribution in [2.45, 2.75) is 19.4 Å². The van der Waals surface area contributed by atoms with Crippen LogP contribution in [0.1, 0.15) is 29.3 Å². The van der Waals surface area contributed by atoms with Gasteiger partial charge < -0.3 is 10.4 Å². The van der Waals surface area contributed by atoms with Crippen molar-refractivity contribution in [3.8, 4) is 0 Å². The average molecular weight is 245 g/mol. The molecule has 4 nitrogen and oxygen atoms in total. The van der Waals surface area contributed by atoms with Crippen LogP contribution in [0.2, 0.25) is 0 Å². The number of carbonyl (C=O) groups excluding carboxylic acids is 1. The second-order valence-electron chi connectivity index (χ2n) is 4.31. The predicted molar refractivity (Wildman–Crippen MR) is 68.5 cm³/mol. The Kier molecular flexibility index (Phi) is 3.58. The molecule has 1 aliphatic heterocycles. The van der Waals surface area contributed by atoms with Gasteiger partial charge in [-0.15, -0.1) is 0 Å². The minimum atomic E-state index is -0.896. The molecule has 0 fully saturated rings. The van der Waals surface area contributed by atoms with Gasteiger partial charge in [0.15, 0.2) is 5.78 Å². The summed E-state index contributed by atoms with van der Waals surface area (Å²) < 4.78 is 0. The van der Waals surface area contributed by atoms with E-state index in [0.717, 1.165) is 17.6 Å². The molecule has 1 unspecified atom stereocenters. The highest BCUT2D eigenvalue weighted by Crippen LogP contribution is 2.25. The minimum absolute atomic E-state index is 0.00286. The maximum absolute atomic E-state index is 11.6. The first-order valence-electron chi connectivity index (χ1n) is 5.87. The van der Waals surface area contributed by atoms with Gasteiger partial charge in [0.05, 0.1) is 0 Å². The standard InChI is InChI=1S/C14H15NO3/c1-9(16)11-4-2-3-5-12(11)10-6-7-15-13(8-10)14(17)18/h2-5,8,13,15H,6-7H2,1H3,(H,17,18). The predicted octanol–water partition coefficient (Wildman–Crippen LogP) is 1.72. The lowest BCUT2D eigenvalue weighted by Gasteiger charge is -2.21. The number of carbonyl (C=O) groups is 2. The highest BCUT2D eigenvalue weighted by Gasteiger charge is 2.21. The van der Waals surface area contributed by atoms with Crippen LogP contribution in [-0.4, -0.2) is 29.4 Å². The van der Waals surface area contributed by atoms with E-state index in [1.807, 2.05) is 18.2 Å². The second kappa shape index (κ2) is 5.14. The number of aliphatic carboxylic acids is 1. The first-order chi connectivity index (χ1) is 8.59. The van der Waals surface area contributed by atoms with Gasteiger partial charge in [-0.2, -0.15) is 0 Å². The lowest BCUT2D eigenvalue weighted by atomic mass is 9.92. The Morgan fingerprint density at radius 1 is 1.33 bits per heavy atom. The van der Waals surface area contributed by atoms with E-state index in [0.29, 0.717) is 12.1 Å². The van der Waals surface area contributed by atoms with E-state index in [1.165, 1.54) is 6.92 Å². The molecule has 0 saturated heterocycles. The van der Waals surface area contributed by atoms with Crippen LogP contribution in [0.4, 0.5) is 0 Å². The number of nitrogens with one attached hydrogen (secondary N) is 1. The van der Waals surface area contributed by atoms with Crippen LogP contribution in [0, 0.1) is 0 Å². The molecule has 0 bridgehead atoms. The molecule has 1 aliphatic rings. The number of ketones is 1. The largest absolute Gasteiger partial charge is 0.480 e. The highest BCUT2D eigenvalue weighted by atomic mass is 16.4. The summed E-state index contributed by atoms with van der Waals surface area (Å²) in [6.45, 7) is 2.13. The summed E-state index contributed by atoms with van der Waals surface area (Å²) in [6, 6.07) is 6.65. The van der Waals surface area contributed by atoms with Crippen molar-refractivity contribution < 1.29 is 14.7 Å². The number of carboxylic acid groups (broad SMARTS) is 1. The van der Waals surface area contributed by atoms with Crippen LogP contribution in [0.15, 0.2) is 30.3 Å². The van der Waals surface area contributed by atoms with E-state index in [2.05, 4.69) is 5.32 Å². The molecule has 0 radical (unpaired) electrons. The highest BCUT2D eigenvalue weighted by molar-refractivity contribution is 5.99. The third-order valence-electron chi connectivity index (χ3n) is 3.04. The molecule has 1 heterocycles. The van der Waals surface area contributed by atoms with Gasteiger partial charge in [0.2, 0.25) is 0 Å². The fourth-order valence-electron chi connectivity index (χ4n) is 2.16. The summed E-state index contributed by atoms with van der Waals surface area (Å²) in [7, 11) is 0. The molecular formula is C14H15NO3. The lowest BCUT2D eigenvalue weighted by molar-refractivity contribution is -0.138. The molecule has 4 heteroatoms. The average Bonchev–Trinajstić information content (AvgIpc) is 2.39. The van der Waals surface area contributed by atoms with Crippen molar-refractivity contribution in [3.05, 3.63) is 41.5 Å². The van der Waals surface area contributed by atoms with Crippen molar-refractivity contribution in [2.75, 3.05) is 6.54 Å². The van der Waals surface area contributed by atoms with E-state index in [9.17, 15) is 9.59 Å². The van der Waals surface area contributed by atoms with Crippen molar-refractivity contribution in [1.82, 2.24) is 5.32 Å². The minimum Gasteiger partial charge on any atom is -0.480 e. The van der Waals surface area contributed by atoms with Crippen LogP contribution in [0.5, 0.6) is 0 Å². The molecule has 94 valence electrons. The maximum atomic E-state index is 11.6. The third kappa shape index (κ3) is 2.49. The summed E-state index contributed by atoms with van der Waals surface area (Å²) in [6.07, 6.45) is 2.42. The Labute approximate surface area is 105 Å². The summed E-state index contributed by atoms with van der Waals surface area (Å²) >= 11 is 0. The summed E-state index contributed by atoms with van der Waals surface area (Å²) in [5.41, 5.74) is 2.42. The van der Waals surface area contributed by atoms with Crippen molar-refractivity contribution in [2.24, 2.45) is 0 Å². The number of hydrogen-bond acceptors (Lipinski definition) is 3. The number of benzene rings is 1. The zero-order valence-corrected chi connectivity index (χ0v) is 10.1. The molecule has 1 atom stereocenters. The third-order valence-corrected chi connectivity index (χ3v) is 3.04. The second-order valence-corrected chi connectivity index (χ2v) is 4.31. The Bertz CT molecular complexity index is 520. The van der Waals surface area contributed by atoms with Crippen LogP contribution in [-0.2, 0) is 4.79 Å². The monoisotopic (exact) mass is 245 g/mol. The molecule has 0 saturated carbocycles. The van der Waals surface area contributed by atoms with Crippen molar-refractivity contribution >= 4 is 17.3 Å². The van der Waals surface area contributed by atoms with Gasteiger partial charge in [0.1, 0.15) is 6.04 Å². The molecule has 0 amide bonds. The molecule has 2 N–H and O–H groups in total. The van der Waals surface area contributed by atoms with E-state index >= 15 is 0 Å². The van der Waals surface area contributed by atoms with Crippen molar-refractivity contribution in [3.63, 3.8) is 0 Å². The lowest BCUT2D eigenvalue weighted by Crippen LogP contribution is -2.38. The summed E-state index contributed by atoms with van der Waals surface area (Å²) in [5, 5.41) is 11.9. The summed E-state index contributed by atoms with van der Waals surface area (Å²) in [5.74, 6) is -0.899. The molecule has 0 aliphatic carbocycles. The number of rotatable bonds is 3. The van der Waals surface area contributed by atoms with Crippen molar-refractivity contribution in [1.29, 1.82) is 0 Å². The Morgan fingerprint density at radius 2 is 2.06 bits per heavy atom. The molecular weight excluding hydrogens is 230 g/mol. The zero-order chi connectivity index (χ0) is 13.1. The fraction of sp³-hybridized carbons (Fsp3) is 0.286. The Balaban J connectivity index is 2.42. The van der Waals surface area contributed by atoms with E-state index in [-0.39, 0.29) is 5.78 Å². The molecule has 1 aromatic rings. The van der Waals surface area contributed by atoms with Gasteiger partial charge in [-0.05, 0) is 24.5 Å². The molecule has 1 aromatic carbocycles. The SMILES string of the molecule is CC(=O)c1ccccc1C1=CC(C(=O)O)NCC1. The van der Waals surface area contributed by atoms with Crippen LogP contribution in [0.3, 0.4) is 0 Å². The number of Topliss-reactive ketones (excluding diaryl/α,β-unsaturated/α-hetero) is 1. The first kappa shape index (κ1) is 12.5. The fourth-order valence-corrected chi connectivity index (χ4v) is 2.16. The number of hydrogen-bond donors (Lipinski definition) is 2. The molecule has 0 spiro atoms. The van der Waals surface area contributed by atoms with Gasteiger partial charge in [0, 0.05) is 12.1 Å². The van der Waals surface area contributed by atoms with Gasteiger partial charge in [-0.3, -0.25) is 9.59 Å². The molecule has 0 aromatic heterocycles. The smallest absolute Gasteiger partial charge is 0.324 e. The maximum Gasteiger partial charge on any atom is 0.324 e. The molecule has 18 heavy (non-hydrogen) atoms. The topological polar surface area (TPSA) is 66.4 Å². The van der Waals surface area contributed by atoms with Gasteiger partial charge in [-0.1, -0.05) is 30.3 Å². The number of carboxylic acids is 1. The van der Waals surface area contributed by atoms with Gasteiger partial charge >= 0.3 is 5.97 Å². The van der Waals surface area contributed by atoms with Crippen LogP contribution in [0.25, 0.3) is 5.57 Å². The van der Waals surface area contributed by atoms with Gasteiger partial charge in [0.25, 0.3) is 0 Å². The Hall–Kier alpha value is -1.94. The van der Waals surface area contributed by atoms with E-state index in [1.54, 1.807) is 12.1 Å². The first-order valence-corrected chi connectivity index (χ1v) is 5.87. The Morgan fingerprint density at radius 3 is 2.72 bits per heavy atom. The quantitative estimate of drug-likeness (QED) is 0.796. The van der Waals surface area contributed by atoms with E-state index < -0.39 is 12.0 Å². The van der Waals surface area contributed by atoms with Crippen LogP contribution < -0.4 is 5.32 Å². The van der Waals surface area contributed by atoms with Gasteiger partial charge in [-0.25, -0.2) is 0 Å². The zero-order valence-electron chi connectivity index (χ0n) is 10.1. The van der Waals surface area contributed by atoms with E-state index in [4.69, 9.17) is 5.11 Å². The van der Waals surface area contributed by atoms with Crippen LogP contribution >= 0.6 is 0 Å². The normalized spacial score (nSPS) is 19.2.